The molecule has 2 saturated carbocycles. The zero-order valence-electron chi connectivity index (χ0n) is 42.9. The molecule has 21 nitrogen and oxygen atoms in total. The second kappa shape index (κ2) is 26.9. The summed E-state index contributed by atoms with van der Waals surface area (Å²) in [5.41, 5.74) is 10.2. The largest absolute Gasteiger partial charge is 0.479 e. The second-order valence-corrected chi connectivity index (χ2v) is 20.7. The van der Waals surface area contributed by atoms with Crippen molar-refractivity contribution in [2.45, 2.75) is 171 Å². The molecular weight excluding hydrogens is 961 g/mol. The minimum Gasteiger partial charge on any atom is -0.479 e. The predicted molar refractivity (Wildman–Crippen MR) is 271 cm³/mol. The monoisotopic (exact) mass is 1040 g/mol. The molecule has 1 amide bonds. The summed E-state index contributed by atoms with van der Waals surface area (Å²) in [5.74, 6) is 2.85. The molecule has 2 aromatic rings. The molecule has 3 heterocycles. The minimum absolute atomic E-state index is 0.0121. The number of nitrogens with two attached hydrogens (primary N) is 2. The number of ether oxygens (including phenoxy) is 6. The second-order valence-electron chi connectivity index (χ2n) is 20.7. The van der Waals surface area contributed by atoms with Crippen LogP contribution in [0.25, 0.3) is 0 Å². The van der Waals surface area contributed by atoms with Crippen LogP contribution in [-0.2, 0) is 44.4 Å². The van der Waals surface area contributed by atoms with Crippen LogP contribution in [0.15, 0.2) is 60.4 Å². The summed E-state index contributed by atoms with van der Waals surface area (Å²) in [6.07, 6.45) is -8.82. The van der Waals surface area contributed by atoms with Gasteiger partial charge in [-0.1, -0.05) is 57.2 Å². The van der Waals surface area contributed by atoms with Crippen LogP contribution in [0.4, 0.5) is 11.4 Å². The number of hydrogen-bond acceptors (Lipinski definition) is 19. The predicted octanol–water partition coefficient (Wildman–Crippen LogP) is 1.91. The Morgan fingerprint density at radius 3 is 2.38 bits per heavy atom. The number of hydrazine groups is 1. The fourth-order valence-electron chi connectivity index (χ4n) is 11.1. The molecule has 412 valence electrons. The molecule has 0 bridgehead atoms. The molecule has 21 heteroatoms. The number of hydrogen-bond donors (Lipinski definition) is 10. The first-order valence-electron chi connectivity index (χ1n) is 26.4. The average molecular weight is 1040 g/mol. The summed E-state index contributed by atoms with van der Waals surface area (Å²) in [6.45, 7) is 5.32. The molecule has 15 atom stereocenters. The van der Waals surface area contributed by atoms with Crippen LogP contribution in [0.2, 0.25) is 0 Å². The van der Waals surface area contributed by atoms with Crippen LogP contribution in [-0.4, -0.2) is 173 Å². The van der Waals surface area contributed by atoms with E-state index in [0.717, 1.165) is 69.4 Å². The number of rotatable bonds is 23. The summed E-state index contributed by atoms with van der Waals surface area (Å²) in [6, 6.07) is 14.0. The van der Waals surface area contributed by atoms with Crippen molar-refractivity contribution >= 4 is 29.2 Å². The van der Waals surface area contributed by atoms with Crippen LogP contribution in [0.5, 0.6) is 0 Å². The lowest BCUT2D eigenvalue weighted by molar-refractivity contribution is -0.349. The van der Waals surface area contributed by atoms with Gasteiger partial charge in [-0.15, -0.1) is 0 Å². The highest BCUT2D eigenvalue weighted by atomic mass is 16.7. The number of anilines is 2. The normalized spacial score (nSPS) is 32.1. The Balaban J connectivity index is 1.06. The maximum Gasteiger partial charge on any atom is 0.338 e. The van der Waals surface area contributed by atoms with E-state index in [-0.39, 0.29) is 36.7 Å². The maximum absolute atomic E-state index is 14.1. The van der Waals surface area contributed by atoms with E-state index in [2.05, 4.69) is 21.6 Å². The number of carboxylic acid groups (broad SMARTS) is 1. The average Bonchev–Trinajstić information content (AvgIpc) is 3.79. The molecule has 0 aromatic heterocycles. The number of carbonyl (C=O) groups excluding carboxylic acids is 2. The standard InChI is InChI=1S/C53H80N6O15/c1-30-24-35(49(65)57-20-10-16-37(56-3)28-59(55)22-11-21-58-23-19-34-26-36(54)17-18-38(34)58)27-39(46(30)74-52-45(64)44(63)42(61)31(2)69-52)71-53-48(73-51(68)33-14-8-5-9-15-33)47(43(62)41(29-60)72-53)70-40(50(66)67)25-32-12-6-4-7-13-32/h5,8-9,14-15,17-18,26,28,30-32,35,39-48,52-53,56,60-64H,4,6-7,10-13,16,19-25,27,29,54-55H2,1-3H3,(H,57,65)(H,66,67)/b37-28-. The molecule has 15 unspecified atom stereocenters. The Labute approximate surface area is 433 Å². The molecule has 7 rings (SSSR count). The molecular formula is C53H80N6O15. The fraction of sp³-hybridized carbons (Fsp3) is 0.679. The summed E-state index contributed by atoms with van der Waals surface area (Å²) < 4.78 is 37.6. The molecule has 4 fully saturated rings. The van der Waals surface area contributed by atoms with E-state index in [1.807, 2.05) is 32.3 Å². The van der Waals surface area contributed by atoms with Crippen LogP contribution >= 0.6 is 0 Å². The van der Waals surface area contributed by atoms with Crippen molar-refractivity contribution in [1.29, 1.82) is 0 Å². The van der Waals surface area contributed by atoms with E-state index in [1.165, 1.54) is 30.3 Å². The quantitative estimate of drug-likeness (QED) is 0.0250. The number of carboxylic acids is 1. The number of aliphatic hydroxyl groups is 5. The van der Waals surface area contributed by atoms with Crippen LogP contribution in [0.3, 0.4) is 0 Å². The number of allylic oxidation sites excluding steroid dienone is 1. The van der Waals surface area contributed by atoms with Gasteiger partial charge < -0.3 is 85.3 Å². The smallest absolute Gasteiger partial charge is 0.338 e. The number of carbonyl (C=O) groups is 3. The van der Waals surface area contributed by atoms with Crippen LogP contribution < -0.4 is 27.1 Å². The van der Waals surface area contributed by atoms with Gasteiger partial charge in [0.05, 0.1) is 30.5 Å². The van der Waals surface area contributed by atoms with E-state index in [0.29, 0.717) is 25.9 Å². The lowest BCUT2D eigenvalue weighted by Gasteiger charge is -2.48. The highest BCUT2D eigenvalue weighted by Crippen LogP contribution is 2.40. The van der Waals surface area contributed by atoms with Gasteiger partial charge in [-0.25, -0.2) is 15.4 Å². The third kappa shape index (κ3) is 14.6. The van der Waals surface area contributed by atoms with Crippen LogP contribution in [0.1, 0.15) is 100 Å². The number of fused-ring (bicyclic) bond motifs is 1. The lowest BCUT2D eigenvalue weighted by Crippen LogP contribution is -2.64. The summed E-state index contributed by atoms with van der Waals surface area (Å²) >= 11 is 0. The molecule has 74 heavy (non-hydrogen) atoms. The van der Waals surface area contributed by atoms with Crippen molar-refractivity contribution in [3.63, 3.8) is 0 Å². The third-order valence-electron chi connectivity index (χ3n) is 15.3. The first-order valence-corrected chi connectivity index (χ1v) is 26.4. The van der Waals surface area contributed by atoms with Gasteiger partial charge in [-0.3, -0.25) is 4.79 Å². The Hall–Kier alpha value is -4.65. The van der Waals surface area contributed by atoms with Crippen molar-refractivity contribution in [3.05, 3.63) is 71.6 Å². The molecule has 12 N–H and O–H groups in total. The Kier molecular flexibility index (Phi) is 20.7. The van der Waals surface area contributed by atoms with Gasteiger partial charge in [-0.05, 0) is 99.6 Å². The van der Waals surface area contributed by atoms with E-state index >= 15 is 0 Å². The Morgan fingerprint density at radius 2 is 1.66 bits per heavy atom. The summed E-state index contributed by atoms with van der Waals surface area (Å²) in [5, 5.41) is 73.0. The molecule has 2 saturated heterocycles. The number of aliphatic hydroxyl groups excluding tert-OH is 5. The summed E-state index contributed by atoms with van der Waals surface area (Å²) in [4.78, 5) is 43.2. The first kappa shape index (κ1) is 57.1. The highest BCUT2D eigenvalue weighted by Gasteiger charge is 2.54. The molecule has 0 spiro atoms. The number of nitrogens with zero attached hydrogens (tertiary/aromatic N) is 2. The maximum atomic E-state index is 14.1. The number of nitrogen functional groups attached to an aromatic ring is 1. The van der Waals surface area contributed by atoms with Gasteiger partial charge in [0.1, 0.15) is 36.6 Å². The van der Waals surface area contributed by atoms with E-state index in [9.17, 15) is 45.0 Å². The van der Waals surface area contributed by atoms with E-state index in [4.69, 9.17) is 40.0 Å². The molecule has 3 aliphatic heterocycles. The topological polar surface area (TPSA) is 311 Å². The number of benzene rings is 2. The summed E-state index contributed by atoms with van der Waals surface area (Å²) in [7, 11) is 1.82. The number of aliphatic carboxylic acids is 1. The molecule has 5 aliphatic rings. The zero-order valence-corrected chi connectivity index (χ0v) is 42.9. The van der Waals surface area contributed by atoms with Gasteiger partial charge >= 0.3 is 11.9 Å². The molecule has 2 aliphatic carbocycles. The van der Waals surface area contributed by atoms with Gasteiger partial charge in [0.15, 0.2) is 24.8 Å². The molecule has 0 radical (unpaired) electrons. The highest BCUT2D eigenvalue weighted by molar-refractivity contribution is 5.89. The number of amides is 1. The third-order valence-corrected chi connectivity index (χ3v) is 15.3. The van der Waals surface area contributed by atoms with Gasteiger partial charge in [-0.2, -0.15) is 0 Å². The lowest BCUT2D eigenvalue weighted by atomic mass is 9.77. The van der Waals surface area contributed by atoms with Gasteiger partial charge in [0, 0.05) is 62.4 Å². The van der Waals surface area contributed by atoms with Crippen molar-refractivity contribution < 1.29 is 73.4 Å². The zero-order chi connectivity index (χ0) is 53.1. The van der Waals surface area contributed by atoms with Crippen molar-refractivity contribution in [3.8, 4) is 0 Å². The molecule has 2 aromatic carbocycles. The number of nitrogens with one attached hydrogen (secondary N) is 2. The van der Waals surface area contributed by atoms with Gasteiger partial charge in [0.25, 0.3) is 0 Å². The first-order chi connectivity index (χ1) is 35.5. The minimum atomic E-state index is -1.69. The van der Waals surface area contributed by atoms with E-state index < -0.39 is 110 Å². The SMILES string of the molecule is CN/C(=C\N(N)CCCN1CCc2cc(N)ccc21)CCCNC(=O)C1CC(C)C(OC2OC(C)C(O)C(O)C2O)C(OC2OC(CO)C(O)C(OC(CC3CCCCC3)C(=O)O)C2OC(=O)c2ccccc2)C1. The fourth-order valence-corrected chi connectivity index (χ4v) is 11.1. The van der Waals surface area contributed by atoms with Crippen molar-refractivity contribution in [1.82, 2.24) is 15.6 Å². The number of esters is 1. The van der Waals surface area contributed by atoms with Crippen molar-refractivity contribution in [2.24, 2.45) is 23.6 Å². The van der Waals surface area contributed by atoms with Crippen LogP contribution in [0, 0.1) is 17.8 Å². The van der Waals surface area contributed by atoms with Crippen molar-refractivity contribution in [2.75, 3.05) is 50.5 Å². The van der Waals surface area contributed by atoms with Gasteiger partial charge in [0.2, 0.25) is 5.91 Å². The Bertz CT molecular complexity index is 2150. The van der Waals surface area contributed by atoms with E-state index in [1.54, 1.807) is 23.2 Å². The Morgan fingerprint density at radius 1 is 0.905 bits per heavy atom.